The van der Waals surface area contributed by atoms with Gasteiger partial charge in [-0.1, -0.05) is 26.8 Å². The van der Waals surface area contributed by atoms with Crippen molar-refractivity contribution in [1.29, 1.82) is 0 Å². The van der Waals surface area contributed by atoms with Crippen LogP contribution in [0.15, 0.2) is 27.4 Å². The van der Waals surface area contributed by atoms with Gasteiger partial charge in [-0.2, -0.15) is 0 Å². The van der Waals surface area contributed by atoms with Gasteiger partial charge in [0.2, 0.25) is 11.8 Å². The minimum Gasteiger partial charge on any atom is -0.408 e. The van der Waals surface area contributed by atoms with Crippen LogP contribution in [0.3, 0.4) is 0 Å². The first-order valence-corrected chi connectivity index (χ1v) is 9.38. The van der Waals surface area contributed by atoms with Crippen molar-refractivity contribution in [3.63, 3.8) is 0 Å². The van der Waals surface area contributed by atoms with Crippen molar-refractivity contribution >= 4 is 22.9 Å². The van der Waals surface area contributed by atoms with Crippen molar-refractivity contribution in [3.05, 3.63) is 34.3 Å². The number of hydrogen-bond donors (Lipinski definition) is 1. The standard InChI is InChI=1S/C20H27N3O4/c1-20(2,3)13-18(25)23-8-4-7-22(9-10-23)17(24)12-14-5-6-16-15(11-14)21-19(26)27-16/h5-6,11H,4,7-10,12-13H2,1-3H3,(H,21,26). The van der Waals surface area contributed by atoms with Crippen molar-refractivity contribution < 1.29 is 14.0 Å². The van der Waals surface area contributed by atoms with Crippen LogP contribution >= 0.6 is 0 Å². The number of carbonyl (C=O) groups excluding carboxylic acids is 2. The number of fused-ring (bicyclic) bond motifs is 1. The zero-order chi connectivity index (χ0) is 19.6. The smallest absolute Gasteiger partial charge is 0.408 e. The molecule has 1 N–H and O–H groups in total. The monoisotopic (exact) mass is 373 g/mol. The molecule has 2 heterocycles. The summed E-state index contributed by atoms with van der Waals surface area (Å²) in [5, 5.41) is 0. The summed E-state index contributed by atoms with van der Waals surface area (Å²) < 4.78 is 4.99. The van der Waals surface area contributed by atoms with Crippen molar-refractivity contribution in [2.45, 2.75) is 40.0 Å². The van der Waals surface area contributed by atoms with Gasteiger partial charge in [0, 0.05) is 32.6 Å². The third-order valence-corrected chi connectivity index (χ3v) is 4.72. The zero-order valence-electron chi connectivity index (χ0n) is 16.2. The van der Waals surface area contributed by atoms with Crippen LogP contribution in [0.5, 0.6) is 0 Å². The molecular weight excluding hydrogens is 346 g/mol. The molecule has 1 aromatic heterocycles. The lowest BCUT2D eigenvalue weighted by Gasteiger charge is -2.25. The minimum absolute atomic E-state index is 0.0327. The number of amides is 2. The number of benzene rings is 1. The zero-order valence-corrected chi connectivity index (χ0v) is 16.2. The average molecular weight is 373 g/mol. The van der Waals surface area contributed by atoms with E-state index in [1.165, 1.54) is 0 Å². The molecule has 7 heteroatoms. The first-order chi connectivity index (χ1) is 12.7. The van der Waals surface area contributed by atoms with Gasteiger partial charge in [0.25, 0.3) is 0 Å². The molecule has 1 saturated heterocycles. The molecular formula is C20H27N3O4. The molecule has 2 aromatic rings. The molecule has 0 atom stereocenters. The second-order valence-electron chi connectivity index (χ2n) is 8.37. The van der Waals surface area contributed by atoms with Crippen molar-refractivity contribution in [2.75, 3.05) is 26.2 Å². The van der Waals surface area contributed by atoms with Crippen LogP contribution in [-0.4, -0.2) is 52.8 Å². The third kappa shape index (κ3) is 4.99. The Morgan fingerprint density at radius 2 is 1.74 bits per heavy atom. The van der Waals surface area contributed by atoms with Crippen molar-refractivity contribution in [3.8, 4) is 0 Å². The Balaban J connectivity index is 1.60. The molecule has 3 rings (SSSR count). The molecule has 0 unspecified atom stereocenters. The van der Waals surface area contributed by atoms with Gasteiger partial charge in [0.1, 0.15) is 0 Å². The predicted molar refractivity (Wildman–Crippen MR) is 102 cm³/mol. The molecule has 1 aliphatic heterocycles. The number of aromatic nitrogens is 1. The quantitative estimate of drug-likeness (QED) is 0.893. The molecule has 0 saturated carbocycles. The number of carbonyl (C=O) groups is 2. The molecule has 1 aliphatic rings. The lowest BCUT2D eigenvalue weighted by molar-refractivity contribution is -0.134. The van der Waals surface area contributed by atoms with Crippen LogP contribution in [0.4, 0.5) is 0 Å². The second kappa shape index (κ2) is 7.58. The SMILES string of the molecule is CC(C)(C)CC(=O)N1CCCN(C(=O)Cc2ccc3oc(=O)[nH]c3c2)CC1. The predicted octanol–water partition coefficient (Wildman–Crippen LogP) is 2.16. The molecule has 0 radical (unpaired) electrons. The molecule has 27 heavy (non-hydrogen) atoms. The normalized spacial score (nSPS) is 15.8. The van der Waals surface area contributed by atoms with Gasteiger partial charge in [-0.05, 0) is 29.5 Å². The fourth-order valence-electron chi connectivity index (χ4n) is 3.38. The number of H-pyrrole nitrogens is 1. The van der Waals surface area contributed by atoms with E-state index in [-0.39, 0.29) is 23.7 Å². The van der Waals surface area contributed by atoms with Gasteiger partial charge in [-0.3, -0.25) is 14.6 Å². The first kappa shape index (κ1) is 19.2. The number of oxazole rings is 1. The fraction of sp³-hybridized carbons (Fsp3) is 0.550. The summed E-state index contributed by atoms with van der Waals surface area (Å²) in [5.74, 6) is -0.308. The Bertz CT molecular complexity index is 890. The summed E-state index contributed by atoms with van der Waals surface area (Å²) in [7, 11) is 0. The van der Waals surface area contributed by atoms with E-state index < -0.39 is 5.76 Å². The maximum Gasteiger partial charge on any atom is 0.417 e. The van der Waals surface area contributed by atoms with Crippen LogP contribution in [0.25, 0.3) is 11.1 Å². The van der Waals surface area contributed by atoms with Crippen LogP contribution < -0.4 is 5.76 Å². The number of hydrogen-bond acceptors (Lipinski definition) is 4. The van der Waals surface area contributed by atoms with E-state index in [4.69, 9.17) is 4.42 Å². The van der Waals surface area contributed by atoms with Gasteiger partial charge < -0.3 is 14.2 Å². The van der Waals surface area contributed by atoms with Crippen molar-refractivity contribution in [1.82, 2.24) is 14.8 Å². The maximum absolute atomic E-state index is 12.7. The Morgan fingerprint density at radius 1 is 1.07 bits per heavy atom. The highest BCUT2D eigenvalue weighted by Gasteiger charge is 2.25. The number of nitrogens with zero attached hydrogens (tertiary/aromatic N) is 2. The molecule has 1 fully saturated rings. The summed E-state index contributed by atoms with van der Waals surface area (Å²) in [4.78, 5) is 42.7. The Kier molecular flexibility index (Phi) is 5.39. The highest BCUT2D eigenvalue weighted by Crippen LogP contribution is 2.20. The lowest BCUT2D eigenvalue weighted by atomic mass is 9.91. The lowest BCUT2D eigenvalue weighted by Crippen LogP contribution is -2.38. The van der Waals surface area contributed by atoms with Crippen LogP contribution in [0, 0.1) is 5.41 Å². The molecule has 0 bridgehead atoms. The largest absolute Gasteiger partial charge is 0.417 e. The average Bonchev–Trinajstić information content (AvgIpc) is 2.78. The molecule has 7 nitrogen and oxygen atoms in total. The molecule has 146 valence electrons. The van der Waals surface area contributed by atoms with E-state index in [0.717, 1.165) is 12.0 Å². The summed E-state index contributed by atoms with van der Waals surface area (Å²) in [5.41, 5.74) is 1.87. The molecule has 2 amide bonds. The van der Waals surface area contributed by atoms with E-state index in [1.54, 1.807) is 18.2 Å². The van der Waals surface area contributed by atoms with Crippen LogP contribution in [-0.2, 0) is 16.0 Å². The first-order valence-electron chi connectivity index (χ1n) is 9.38. The Labute approximate surface area is 158 Å². The summed E-state index contributed by atoms with van der Waals surface area (Å²) in [6.45, 7) is 8.66. The summed E-state index contributed by atoms with van der Waals surface area (Å²) >= 11 is 0. The summed E-state index contributed by atoms with van der Waals surface area (Å²) in [6.07, 6.45) is 1.57. The summed E-state index contributed by atoms with van der Waals surface area (Å²) in [6, 6.07) is 5.27. The Hall–Kier alpha value is -2.57. The maximum atomic E-state index is 12.7. The van der Waals surface area contributed by atoms with E-state index in [9.17, 15) is 14.4 Å². The minimum atomic E-state index is -0.499. The van der Waals surface area contributed by atoms with Gasteiger partial charge in [0.05, 0.1) is 11.9 Å². The highest BCUT2D eigenvalue weighted by atomic mass is 16.4. The number of rotatable bonds is 3. The number of nitrogens with one attached hydrogen (secondary N) is 1. The molecule has 1 aromatic carbocycles. The van der Waals surface area contributed by atoms with Gasteiger partial charge in [-0.15, -0.1) is 0 Å². The third-order valence-electron chi connectivity index (χ3n) is 4.72. The van der Waals surface area contributed by atoms with E-state index in [1.807, 2.05) is 9.80 Å². The van der Waals surface area contributed by atoms with Gasteiger partial charge in [-0.25, -0.2) is 4.79 Å². The van der Waals surface area contributed by atoms with Crippen molar-refractivity contribution in [2.24, 2.45) is 5.41 Å². The van der Waals surface area contributed by atoms with Crippen LogP contribution in [0.1, 0.15) is 39.2 Å². The number of aromatic amines is 1. The topological polar surface area (TPSA) is 86.6 Å². The van der Waals surface area contributed by atoms with Gasteiger partial charge in [0.15, 0.2) is 5.58 Å². The molecule has 0 aliphatic carbocycles. The van der Waals surface area contributed by atoms with Gasteiger partial charge >= 0.3 is 5.76 Å². The fourth-order valence-corrected chi connectivity index (χ4v) is 3.38. The molecule has 0 spiro atoms. The van der Waals surface area contributed by atoms with E-state index in [0.29, 0.717) is 43.7 Å². The van der Waals surface area contributed by atoms with E-state index in [2.05, 4.69) is 25.8 Å². The Morgan fingerprint density at radius 3 is 2.41 bits per heavy atom. The van der Waals surface area contributed by atoms with E-state index >= 15 is 0 Å². The highest BCUT2D eigenvalue weighted by molar-refractivity contribution is 5.81. The van der Waals surface area contributed by atoms with Crippen LogP contribution in [0.2, 0.25) is 0 Å². The second-order valence-corrected chi connectivity index (χ2v) is 8.37.